The van der Waals surface area contributed by atoms with Gasteiger partial charge in [-0.3, -0.25) is 9.69 Å². The van der Waals surface area contributed by atoms with E-state index in [1.54, 1.807) is 31.3 Å². The molecule has 4 rings (SSSR count). The Kier molecular flexibility index (Phi) is 7.77. The molecule has 34 heavy (non-hydrogen) atoms. The molecule has 2 aliphatic rings. The maximum atomic E-state index is 13.4. The third-order valence-corrected chi connectivity index (χ3v) is 6.47. The zero-order valence-corrected chi connectivity index (χ0v) is 19.8. The van der Waals surface area contributed by atoms with Crippen LogP contribution in [-0.4, -0.2) is 67.8 Å². The van der Waals surface area contributed by atoms with Gasteiger partial charge >= 0.3 is 6.09 Å². The monoisotopic (exact) mass is 468 g/mol. The molecule has 2 aromatic carbocycles. The predicted octanol–water partition coefficient (Wildman–Crippen LogP) is 3.87. The minimum absolute atomic E-state index is 0.0164. The standard InChI is InChI=1S/C26H32N2O6/c1-31-23-12-11-21(17-24(23)32-2)33-16-15-27-14-13-20-9-6-10-22(25(27)29)28(20)26(30)34-18-19-7-4-3-5-8-19/h3-5,7-8,11-12,17,20,22H,6,9-10,13-16,18H2,1-2H3/t20-,22+/m1/s1. The molecular weight excluding hydrogens is 436 g/mol. The van der Waals surface area contributed by atoms with E-state index in [1.165, 1.54) is 0 Å². The second kappa shape index (κ2) is 11.1. The summed E-state index contributed by atoms with van der Waals surface area (Å²) >= 11 is 0. The van der Waals surface area contributed by atoms with Gasteiger partial charge in [-0.25, -0.2) is 4.79 Å². The summed E-state index contributed by atoms with van der Waals surface area (Å²) in [6.45, 7) is 1.59. The molecule has 0 aromatic heterocycles. The van der Waals surface area contributed by atoms with Gasteiger partial charge in [-0.2, -0.15) is 0 Å². The van der Waals surface area contributed by atoms with Crippen molar-refractivity contribution in [3.05, 3.63) is 54.1 Å². The van der Waals surface area contributed by atoms with Gasteiger partial charge in [0.1, 0.15) is 25.0 Å². The van der Waals surface area contributed by atoms with Crippen molar-refractivity contribution in [3.8, 4) is 17.2 Å². The Bertz CT molecular complexity index is 983. The van der Waals surface area contributed by atoms with Crippen molar-refractivity contribution in [2.45, 2.75) is 44.4 Å². The van der Waals surface area contributed by atoms with Gasteiger partial charge in [-0.1, -0.05) is 30.3 Å². The lowest BCUT2D eigenvalue weighted by Crippen LogP contribution is -2.54. The zero-order chi connectivity index (χ0) is 23.9. The third-order valence-electron chi connectivity index (χ3n) is 6.47. The Hall–Kier alpha value is -3.42. The first kappa shape index (κ1) is 23.7. The highest BCUT2D eigenvalue weighted by molar-refractivity contribution is 5.86. The molecule has 8 heteroatoms. The van der Waals surface area contributed by atoms with Crippen molar-refractivity contribution < 1.29 is 28.5 Å². The van der Waals surface area contributed by atoms with Crippen molar-refractivity contribution in [2.24, 2.45) is 0 Å². The number of carbonyl (C=O) groups excluding carboxylic acids is 2. The van der Waals surface area contributed by atoms with E-state index in [1.807, 2.05) is 41.3 Å². The fourth-order valence-electron chi connectivity index (χ4n) is 4.70. The van der Waals surface area contributed by atoms with Crippen LogP contribution in [0.15, 0.2) is 48.5 Å². The summed E-state index contributed by atoms with van der Waals surface area (Å²) < 4.78 is 22.0. The van der Waals surface area contributed by atoms with E-state index >= 15 is 0 Å². The van der Waals surface area contributed by atoms with E-state index in [4.69, 9.17) is 18.9 Å². The first-order valence-corrected chi connectivity index (χ1v) is 11.7. The van der Waals surface area contributed by atoms with Crippen molar-refractivity contribution in [1.29, 1.82) is 0 Å². The summed E-state index contributed by atoms with van der Waals surface area (Å²) in [5.41, 5.74) is 0.927. The highest BCUT2D eigenvalue weighted by Gasteiger charge is 2.43. The number of rotatable bonds is 8. The van der Waals surface area contributed by atoms with E-state index in [9.17, 15) is 9.59 Å². The summed E-state index contributed by atoms with van der Waals surface area (Å²) in [5, 5.41) is 0. The molecule has 2 aromatic rings. The lowest BCUT2D eigenvalue weighted by atomic mass is 9.95. The summed E-state index contributed by atoms with van der Waals surface area (Å²) in [6, 6.07) is 14.5. The van der Waals surface area contributed by atoms with Crippen LogP contribution < -0.4 is 14.2 Å². The summed E-state index contributed by atoms with van der Waals surface area (Å²) in [5.74, 6) is 1.83. The molecule has 2 heterocycles. The highest BCUT2D eigenvalue weighted by atomic mass is 16.6. The average Bonchev–Trinajstić information content (AvgIpc) is 2.95. The normalized spacial score (nSPS) is 19.9. The largest absolute Gasteiger partial charge is 0.493 e. The molecule has 182 valence electrons. The number of nitrogens with zero attached hydrogens (tertiary/aromatic N) is 2. The minimum Gasteiger partial charge on any atom is -0.493 e. The summed E-state index contributed by atoms with van der Waals surface area (Å²) in [7, 11) is 3.16. The predicted molar refractivity (Wildman–Crippen MR) is 126 cm³/mol. The van der Waals surface area contributed by atoms with Crippen LogP contribution in [0.1, 0.15) is 31.2 Å². The number of benzene rings is 2. The van der Waals surface area contributed by atoms with E-state index in [2.05, 4.69) is 0 Å². The number of hydrogen-bond acceptors (Lipinski definition) is 6. The molecule has 8 nitrogen and oxygen atoms in total. The highest BCUT2D eigenvalue weighted by Crippen LogP contribution is 2.32. The molecule has 0 aliphatic carbocycles. The molecule has 0 spiro atoms. The number of methoxy groups -OCH3 is 2. The van der Waals surface area contributed by atoms with Gasteiger partial charge in [0.05, 0.1) is 20.8 Å². The van der Waals surface area contributed by atoms with Gasteiger partial charge in [-0.05, 0) is 43.4 Å². The van der Waals surface area contributed by atoms with Crippen molar-refractivity contribution in [1.82, 2.24) is 9.80 Å². The van der Waals surface area contributed by atoms with Crippen molar-refractivity contribution >= 4 is 12.0 Å². The Balaban J connectivity index is 1.36. The molecule has 2 bridgehead atoms. The van der Waals surface area contributed by atoms with E-state index in [-0.39, 0.29) is 18.6 Å². The van der Waals surface area contributed by atoms with Gasteiger partial charge in [-0.15, -0.1) is 0 Å². The first-order valence-electron chi connectivity index (χ1n) is 11.7. The third kappa shape index (κ3) is 5.38. The molecular formula is C26H32N2O6. The maximum Gasteiger partial charge on any atom is 0.411 e. The number of ether oxygens (including phenoxy) is 4. The number of amides is 2. The Morgan fingerprint density at radius 3 is 2.56 bits per heavy atom. The van der Waals surface area contributed by atoms with E-state index in [0.717, 1.165) is 24.8 Å². The number of piperidine rings is 1. The molecule has 0 N–H and O–H groups in total. The average molecular weight is 469 g/mol. The lowest BCUT2D eigenvalue weighted by molar-refractivity contribution is -0.136. The molecule has 0 saturated carbocycles. The molecule has 2 amide bonds. The minimum atomic E-state index is -0.481. The first-order chi connectivity index (χ1) is 16.6. The number of carbonyl (C=O) groups is 2. The molecule has 2 aliphatic heterocycles. The zero-order valence-electron chi connectivity index (χ0n) is 19.8. The summed E-state index contributed by atoms with van der Waals surface area (Å²) in [6.07, 6.45) is 2.80. The Morgan fingerprint density at radius 2 is 1.79 bits per heavy atom. The van der Waals surface area contributed by atoms with Crippen molar-refractivity contribution in [2.75, 3.05) is 33.9 Å². The van der Waals surface area contributed by atoms with Gasteiger partial charge in [0.15, 0.2) is 11.5 Å². The van der Waals surface area contributed by atoms with Gasteiger partial charge in [0, 0.05) is 18.7 Å². The second-order valence-electron chi connectivity index (χ2n) is 8.53. The summed E-state index contributed by atoms with van der Waals surface area (Å²) in [4.78, 5) is 29.8. The molecule has 2 fully saturated rings. The van der Waals surface area contributed by atoms with Crippen LogP contribution in [0.5, 0.6) is 17.2 Å². The van der Waals surface area contributed by atoms with Crippen LogP contribution >= 0.6 is 0 Å². The smallest absolute Gasteiger partial charge is 0.411 e. The van der Waals surface area contributed by atoms with E-state index in [0.29, 0.717) is 43.4 Å². The number of hydrogen-bond donors (Lipinski definition) is 0. The Morgan fingerprint density at radius 1 is 1.00 bits per heavy atom. The van der Waals surface area contributed by atoms with Crippen LogP contribution in [0, 0.1) is 0 Å². The van der Waals surface area contributed by atoms with Crippen LogP contribution in [-0.2, 0) is 16.1 Å². The SMILES string of the molecule is COc1ccc(OCCN2CC[C@H]3CCC[C@@H](C2=O)N3C(=O)OCc2ccccc2)cc1OC. The maximum absolute atomic E-state index is 13.4. The molecule has 2 atom stereocenters. The van der Waals surface area contributed by atoms with Gasteiger partial charge in [0.25, 0.3) is 0 Å². The molecule has 2 saturated heterocycles. The van der Waals surface area contributed by atoms with Crippen molar-refractivity contribution in [3.63, 3.8) is 0 Å². The van der Waals surface area contributed by atoms with E-state index < -0.39 is 12.1 Å². The Labute approximate surface area is 200 Å². The fraction of sp³-hybridized carbons (Fsp3) is 0.462. The second-order valence-corrected chi connectivity index (χ2v) is 8.53. The number of fused-ring (bicyclic) bond motifs is 2. The molecule has 0 unspecified atom stereocenters. The quantitative estimate of drug-likeness (QED) is 0.585. The van der Waals surface area contributed by atoms with Gasteiger partial charge < -0.3 is 23.8 Å². The van der Waals surface area contributed by atoms with Crippen LogP contribution in [0.4, 0.5) is 4.79 Å². The van der Waals surface area contributed by atoms with Crippen LogP contribution in [0.3, 0.4) is 0 Å². The van der Waals surface area contributed by atoms with Crippen LogP contribution in [0.25, 0.3) is 0 Å². The topological polar surface area (TPSA) is 77.5 Å². The van der Waals surface area contributed by atoms with Gasteiger partial charge in [0.2, 0.25) is 5.91 Å². The van der Waals surface area contributed by atoms with Crippen LogP contribution in [0.2, 0.25) is 0 Å². The lowest BCUT2D eigenvalue weighted by Gasteiger charge is -2.38. The molecule has 0 radical (unpaired) electrons. The fourth-order valence-corrected chi connectivity index (χ4v) is 4.70.